The quantitative estimate of drug-likeness (QED) is 0.790. The van der Waals surface area contributed by atoms with Gasteiger partial charge in [0.25, 0.3) is 0 Å². The fraction of sp³-hybridized carbons (Fsp3) is 0.286. The molecule has 0 N–H and O–H groups in total. The van der Waals surface area contributed by atoms with Gasteiger partial charge in [0.05, 0.1) is 24.2 Å². The van der Waals surface area contributed by atoms with E-state index in [9.17, 15) is 9.18 Å². The first-order chi connectivity index (χ1) is 9.17. The summed E-state index contributed by atoms with van der Waals surface area (Å²) in [7, 11) is 1.38. The van der Waals surface area contributed by atoms with Crippen molar-refractivity contribution in [2.45, 2.75) is 19.3 Å². The van der Waals surface area contributed by atoms with Crippen LogP contribution in [0.1, 0.15) is 22.7 Å². The minimum atomic E-state index is -0.235. The zero-order valence-corrected chi connectivity index (χ0v) is 11.4. The lowest BCUT2D eigenvalue weighted by atomic mass is 10.1. The van der Waals surface area contributed by atoms with Gasteiger partial charge in [-0.15, -0.1) is 11.3 Å². The number of ether oxygens (including phenoxy) is 1. The van der Waals surface area contributed by atoms with E-state index in [1.165, 1.54) is 19.2 Å². The number of aromatic nitrogens is 1. The topological polar surface area (TPSA) is 39.2 Å². The highest BCUT2D eigenvalue weighted by molar-refractivity contribution is 7.09. The van der Waals surface area contributed by atoms with E-state index < -0.39 is 0 Å². The van der Waals surface area contributed by atoms with Crippen LogP contribution in [0.5, 0.6) is 0 Å². The van der Waals surface area contributed by atoms with E-state index in [0.29, 0.717) is 19.3 Å². The number of rotatable bonds is 5. The van der Waals surface area contributed by atoms with Crippen LogP contribution in [0.15, 0.2) is 29.6 Å². The Morgan fingerprint density at radius 1 is 1.37 bits per heavy atom. The van der Waals surface area contributed by atoms with E-state index in [4.69, 9.17) is 0 Å². The van der Waals surface area contributed by atoms with Gasteiger partial charge < -0.3 is 4.74 Å². The SMILES string of the molecule is COC(=O)CCc1csc(Cc2ccc(F)cc2)n1. The summed E-state index contributed by atoms with van der Waals surface area (Å²) in [5.74, 6) is -0.463. The molecule has 1 heterocycles. The van der Waals surface area contributed by atoms with Crippen LogP contribution in [0, 0.1) is 5.82 Å². The molecule has 0 unspecified atom stereocenters. The summed E-state index contributed by atoms with van der Waals surface area (Å²) < 4.78 is 17.4. The number of carbonyl (C=O) groups is 1. The van der Waals surface area contributed by atoms with Crippen molar-refractivity contribution in [3.63, 3.8) is 0 Å². The second-order valence-electron chi connectivity index (χ2n) is 4.11. The van der Waals surface area contributed by atoms with Crippen molar-refractivity contribution < 1.29 is 13.9 Å². The molecule has 2 rings (SSSR count). The molecule has 0 amide bonds. The third-order valence-electron chi connectivity index (χ3n) is 2.68. The lowest BCUT2D eigenvalue weighted by molar-refractivity contribution is -0.140. The number of aryl methyl sites for hydroxylation is 1. The van der Waals surface area contributed by atoms with Gasteiger partial charge in [-0.25, -0.2) is 9.37 Å². The van der Waals surface area contributed by atoms with Crippen LogP contribution in [0.3, 0.4) is 0 Å². The van der Waals surface area contributed by atoms with Crippen molar-refractivity contribution in [3.8, 4) is 0 Å². The van der Waals surface area contributed by atoms with Crippen molar-refractivity contribution in [2.75, 3.05) is 7.11 Å². The first kappa shape index (κ1) is 13.7. The fourth-order valence-electron chi connectivity index (χ4n) is 1.65. The van der Waals surface area contributed by atoms with Crippen molar-refractivity contribution >= 4 is 17.3 Å². The van der Waals surface area contributed by atoms with Crippen LogP contribution in [-0.2, 0) is 22.4 Å². The van der Waals surface area contributed by atoms with Crippen LogP contribution < -0.4 is 0 Å². The molecular weight excluding hydrogens is 265 g/mol. The van der Waals surface area contributed by atoms with Crippen LogP contribution >= 0.6 is 11.3 Å². The number of halogens is 1. The molecule has 0 radical (unpaired) electrons. The number of carbonyl (C=O) groups excluding carboxylic acids is 1. The van der Waals surface area contributed by atoms with Crippen molar-refractivity contribution in [1.82, 2.24) is 4.98 Å². The summed E-state index contributed by atoms with van der Waals surface area (Å²) in [4.78, 5) is 15.5. The lowest BCUT2D eigenvalue weighted by Gasteiger charge is -1.98. The Hall–Kier alpha value is -1.75. The van der Waals surface area contributed by atoms with Gasteiger partial charge in [-0.3, -0.25) is 4.79 Å². The second-order valence-corrected chi connectivity index (χ2v) is 5.05. The van der Waals surface area contributed by atoms with Gasteiger partial charge in [0, 0.05) is 18.2 Å². The molecule has 1 aromatic carbocycles. The zero-order valence-electron chi connectivity index (χ0n) is 10.6. The molecule has 0 atom stereocenters. The van der Waals surface area contributed by atoms with E-state index in [2.05, 4.69) is 9.72 Å². The Labute approximate surface area is 115 Å². The monoisotopic (exact) mass is 279 g/mol. The Balaban J connectivity index is 1.93. The van der Waals surface area contributed by atoms with Gasteiger partial charge in [-0.1, -0.05) is 12.1 Å². The first-order valence-electron chi connectivity index (χ1n) is 5.92. The number of thiazole rings is 1. The zero-order chi connectivity index (χ0) is 13.7. The molecule has 1 aromatic heterocycles. The fourth-order valence-corrected chi connectivity index (χ4v) is 2.52. The summed E-state index contributed by atoms with van der Waals surface area (Å²) in [6.45, 7) is 0. The third kappa shape index (κ3) is 4.13. The van der Waals surface area contributed by atoms with Crippen molar-refractivity contribution in [3.05, 3.63) is 51.7 Å². The smallest absolute Gasteiger partial charge is 0.305 e. The predicted octanol–water partition coefficient (Wildman–Crippen LogP) is 2.98. The van der Waals surface area contributed by atoms with Gasteiger partial charge in [0.1, 0.15) is 5.82 Å². The summed E-state index contributed by atoms with van der Waals surface area (Å²) in [5, 5.41) is 2.91. The maximum atomic E-state index is 12.8. The van der Waals surface area contributed by atoms with E-state index in [0.717, 1.165) is 16.3 Å². The number of esters is 1. The minimum absolute atomic E-state index is 0.229. The standard InChI is InChI=1S/C14H14FNO2S/c1-18-14(17)7-6-12-9-19-13(16-12)8-10-2-4-11(15)5-3-10/h2-5,9H,6-8H2,1H3. The molecule has 100 valence electrons. The Morgan fingerprint density at radius 3 is 2.79 bits per heavy atom. The molecule has 0 saturated carbocycles. The largest absolute Gasteiger partial charge is 0.469 e. The van der Waals surface area contributed by atoms with E-state index in [1.54, 1.807) is 23.5 Å². The van der Waals surface area contributed by atoms with Crippen LogP contribution in [0.2, 0.25) is 0 Å². The molecule has 0 saturated heterocycles. The van der Waals surface area contributed by atoms with Crippen LogP contribution in [0.4, 0.5) is 4.39 Å². The molecule has 2 aromatic rings. The van der Waals surface area contributed by atoms with Crippen LogP contribution in [-0.4, -0.2) is 18.1 Å². The number of methoxy groups -OCH3 is 1. The third-order valence-corrected chi connectivity index (χ3v) is 3.58. The Bertz CT molecular complexity index is 551. The highest BCUT2D eigenvalue weighted by atomic mass is 32.1. The molecular formula is C14H14FNO2S. The number of nitrogens with zero attached hydrogens (tertiary/aromatic N) is 1. The van der Waals surface area contributed by atoms with Crippen LogP contribution in [0.25, 0.3) is 0 Å². The van der Waals surface area contributed by atoms with E-state index in [-0.39, 0.29) is 11.8 Å². The van der Waals surface area contributed by atoms with E-state index in [1.807, 2.05) is 5.38 Å². The number of hydrogen-bond acceptors (Lipinski definition) is 4. The average Bonchev–Trinajstić information content (AvgIpc) is 2.86. The van der Waals surface area contributed by atoms with Gasteiger partial charge in [-0.2, -0.15) is 0 Å². The normalized spacial score (nSPS) is 10.4. The number of benzene rings is 1. The molecule has 0 fully saturated rings. The Kier molecular flexibility index (Phi) is 4.63. The molecule has 0 bridgehead atoms. The molecule has 3 nitrogen and oxygen atoms in total. The predicted molar refractivity (Wildman–Crippen MR) is 71.7 cm³/mol. The Morgan fingerprint density at radius 2 is 2.11 bits per heavy atom. The first-order valence-corrected chi connectivity index (χ1v) is 6.80. The lowest BCUT2D eigenvalue weighted by Crippen LogP contribution is -2.02. The molecule has 0 spiro atoms. The summed E-state index contributed by atoms with van der Waals surface area (Å²) in [5.41, 5.74) is 1.92. The van der Waals surface area contributed by atoms with Gasteiger partial charge in [0.2, 0.25) is 0 Å². The average molecular weight is 279 g/mol. The molecule has 5 heteroatoms. The minimum Gasteiger partial charge on any atom is -0.469 e. The summed E-state index contributed by atoms with van der Waals surface area (Å²) in [6, 6.07) is 6.40. The summed E-state index contributed by atoms with van der Waals surface area (Å²) in [6.07, 6.45) is 1.62. The maximum absolute atomic E-state index is 12.8. The highest BCUT2D eigenvalue weighted by Gasteiger charge is 2.06. The molecule has 0 aliphatic carbocycles. The molecule has 0 aliphatic heterocycles. The molecule has 19 heavy (non-hydrogen) atoms. The van der Waals surface area contributed by atoms with Gasteiger partial charge >= 0.3 is 5.97 Å². The van der Waals surface area contributed by atoms with E-state index >= 15 is 0 Å². The second kappa shape index (κ2) is 6.43. The maximum Gasteiger partial charge on any atom is 0.305 e. The van der Waals surface area contributed by atoms with Crippen molar-refractivity contribution in [1.29, 1.82) is 0 Å². The summed E-state index contributed by atoms with van der Waals surface area (Å²) >= 11 is 1.55. The van der Waals surface area contributed by atoms with Gasteiger partial charge in [-0.05, 0) is 17.7 Å². The molecule has 0 aliphatic rings. The number of hydrogen-bond donors (Lipinski definition) is 0. The van der Waals surface area contributed by atoms with Crippen molar-refractivity contribution in [2.24, 2.45) is 0 Å². The van der Waals surface area contributed by atoms with Gasteiger partial charge in [0.15, 0.2) is 0 Å². The highest BCUT2D eigenvalue weighted by Crippen LogP contribution is 2.16.